The number of nitrogens with zero attached hydrogens (tertiary/aromatic N) is 4. The van der Waals surface area contributed by atoms with E-state index >= 15 is 0 Å². The lowest BCUT2D eigenvalue weighted by Crippen LogP contribution is -2.45. The molecule has 1 aliphatic heterocycles. The maximum Gasteiger partial charge on any atom is 0.309 e. The Kier molecular flexibility index (Phi) is 6.31. The van der Waals surface area contributed by atoms with Crippen LogP contribution in [0.1, 0.15) is 73.8 Å². The molecule has 1 aliphatic rings. The molecular weight excluding hydrogens is 448 g/mol. The summed E-state index contributed by atoms with van der Waals surface area (Å²) < 4.78 is 2.24. The number of amides is 1. The Morgan fingerprint density at radius 1 is 1.26 bits per heavy atom. The van der Waals surface area contributed by atoms with E-state index in [2.05, 4.69) is 31.4 Å². The number of carboxylic acid groups (broad SMARTS) is 1. The maximum absolute atomic E-state index is 13.2. The van der Waals surface area contributed by atoms with Gasteiger partial charge in [-0.3, -0.25) is 9.59 Å². The lowest BCUT2D eigenvalue weighted by atomic mass is 9.79. The molecule has 7 nitrogen and oxygen atoms in total. The molecule has 0 radical (unpaired) electrons. The number of aliphatic carboxylic acids is 1. The zero-order valence-electron chi connectivity index (χ0n) is 20.9. The maximum atomic E-state index is 13.2. The molecule has 0 spiro atoms. The topological polar surface area (TPSA) is 88.3 Å². The summed E-state index contributed by atoms with van der Waals surface area (Å²) in [6, 6.07) is 4.10. The second kappa shape index (κ2) is 8.80. The van der Waals surface area contributed by atoms with Gasteiger partial charge in [0.1, 0.15) is 5.65 Å². The van der Waals surface area contributed by atoms with Crippen molar-refractivity contribution in [3.05, 3.63) is 45.2 Å². The smallest absolute Gasteiger partial charge is 0.309 e. The highest BCUT2D eigenvalue weighted by molar-refractivity contribution is 7.11. The van der Waals surface area contributed by atoms with Crippen LogP contribution < -0.4 is 0 Å². The van der Waals surface area contributed by atoms with Gasteiger partial charge in [-0.15, -0.1) is 11.3 Å². The van der Waals surface area contributed by atoms with Crippen LogP contribution in [0.15, 0.2) is 18.3 Å². The number of carbonyl (C=O) groups is 2. The molecule has 0 atom stereocenters. The summed E-state index contributed by atoms with van der Waals surface area (Å²) >= 11 is 1.70. The van der Waals surface area contributed by atoms with Gasteiger partial charge in [0.2, 0.25) is 5.91 Å². The first-order valence-electron chi connectivity index (χ1n) is 11.8. The van der Waals surface area contributed by atoms with E-state index in [1.165, 1.54) is 10.4 Å². The number of thiazole rings is 1. The summed E-state index contributed by atoms with van der Waals surface area (Å²) in [5.74, 6) is -0.751. The summed E-state index contributed by atoms with van der Waals surface area (Å²) in [7, 11) is 0. The molecule has 34 heavy (non-hydrogen) atoms. The average Bonchev–Trinajstić information content (AvgIpc) is 3.24. The Bertz CT molecular complexity index is 1250. The highest BCUT2D eigenvalue weighted by atomic mass is 32.1. The van der Waals surface area contributed by atoms with Crippen LogP contribution in [0.25, 0.3) is 11.0 Å². The van der Waals surface area contributed by atoms with Crippen LogP contribution in [0.4, 0.5) is 0 Å². The van der Waals surface area contributed by atoms with Gasteiger partial charge in [0.05, 0.1) is 29.2 Å². The minimum atomic E-state index is -0.826. The third-order valence-electron chi connectivity index (χ3n) is 6.96. The van der Waals surface area contributed by atoms with E-state index < -0.39 is 11.4 Å². The Labute approximate surface area is 204 Å². The van der Waals surface area contributed by atoms with Gasteiger partial charge in [-0.05, 0) is 58.2 Å². The molecule has 3 aromatic rings. The summed E-state index contributed by atoms with van der Waals surface area (Å²) in [6.07, 6.45) is 3.21. The predicted molar refractivity (Wildman–Crippen MR) is 134 cm³/mol. The molecule has 0 unspecified atom stereocenters. The number of pyridine rings is 1. The molecule has 0 bridgehead atoms. The van der Waals surface area contributed by atoms with Gasteiger partial charge in [0, 0.05) is 40.5 Å². The summed E-state index contributed by atoms with van der Waals surface area (Å²) in [5, 5.41) is 11.6. The van der Waals surface area contributed by atoms with Crippen molar-refractivity contribution >= 4 is 34.2 Å². The molecule has 1 amide bonds. The van der Waals surface area contributed by atoms with Gasteiger partial charge in [0.25, 0.3) is 0 Å². The Balaban J connectivity index is 1.66. The summed E-state index contributed by atoms with van der Waals surface area (Å²) in [5.41, 5.74) is 3.30. The number of aryl methyl sites for hydroxylation is 2. The number of hydrogen-bond acceptors (Lipinski definition) is 5. The van der Waals surface area contributed by atoms with E-state index in [-0.39, 0.29) is 11.3 Å². The SMILES string of the molecule is Cc1nc(Cn2c3c(c4cccnc42)C(C)(C)CN(C(=O)CCCC(C)(C)C(=O)O)C3)c(C)s1. The number of hydrogen-bond donors (Lipinski definition) is 1. The molecule has 0 saturated carbocycles. The number of rotatable bonds is 7. The zero-order chi connectivity index (χ0) is 24.8. The fraction of sp³-hybridized carbons (Fsp3) is 0.538. The average molecular weight is 483 g/mol. The highest BCUT2D eigenvalue weighted by Crippen LogP contribution is 2.40. The van der Waals surface area contributed by atoms with E-state index in [9.17, 15) is 14.7 Å². The molecule has 1 N–H and O–H groups in total. The molecule has 182 valence electrons. The van der Waals surface area contributed by atoms with Gasteiger partial charge in [-0.25, -0.2) is 9.97 Å². The highest BCUT2D eigenvalue weighted by Gasteiger charge is 2.38. The van der Waals surface area contributed by atoms with Gasteiger partial charge in [-0.1, -0.05) is 13.8 Å². The van der Waals surface area contributed by atoms with Crippen molar-refractivity contribution in [3.63, 3.8) is 0 Å². The van der Waals surface area contributed by atoms with Crippen LogP contribution in [-0.4, -0.2) is 43.0 Å². The summed E-state index contributed by atoms with van der Waals surface area (Å²) in [6.45, 7) is 13.7. The lowest BCUT2D eigenvalue weighted by Gasteiger charge is -2.39. The second-order valence-electron chi connectivity index (χ2n) is 10.7. The van der Waals surface area contributed by atoms with Crippen LogP contribution >= 0.6 is 11.3 Å². The van der Waals surface area contributed by atoms with Gasteiger partial charge >= 0.3 is 5.97 Å². The van der Waals surface area contributed by atoms with Crippen molar-refractivity contribution < 1.29 is 14.7 Å². The first-order valence-corrected chi connectivity index (χ1v) is 12.6. The van der Waals surface area contributed by atoms with Gasteiger partial charge < -0.3 is 14.6 Å². The number of aromatic nitrogens is 3. The van der Waals surface area contributed by atoms with Gasteiger partial charge in [-0.2, -0.15) is 0 Å². The van der Waals surface area contributed by atoms with Crippen LogP contribution in [-0.2, 0) is 28.1 Å². The Hall–Kier alpha value is -2.74. The lowest BCUT2D eigenvalue weighted by molar-refractivity contribution is -0.147. The minimum absolute atomic E-state index is 0.0744. The van der Waals surface area contributed by atoms with Crippen molar-refractivity contribution in [1.29, 1.82) is 0 Å². The minimum Gasteiger partial charge on any atom is -0.481 e. The van der Waals surface area contributed by atoms with Crippen molar-refractivity contribution in [3.8, 4) is 0 Å². The number of fused-ring (bicyclic) bond motifs is 3. The molecular formula is C26H34N4O3S. The molecule has 4 rings (SSSR count). The molecule has 3 aromatic heterocycles. The van der Waals surface area contributed by atoms with Crippen LogP contribution in [0, 0.1) is 19.3 Å². The first-order chi connectivity index (χ1) is 15.9. The molecule has 0 fully saturated rings. The fourth-order valence-corrected chi connectivity index (χ4v) is 5.93. The third-order valence-corrected chi connectivity index (χ3v) is 7.89. The molecule has 8 heteroatoms. The van der Waals surface area contributed by atoms with E-state index in [0.717, 1.165) is 27.4 Å². The van der Waals surface area contributed by atoms with Crippen molar-refractivity contribution in [2.75, 3.05) is 6.54 Å². The monoisotopic (exact) mass is 482 g/mol. The molecule has 0 aromatic carbocycles. The quantitative estimate of drug-likeness (QED) is 0.509. The van der Waals surface area contributed by atoms with E-state index in [4.69, 9.17) is 9.97 Å². The van der Waals surface area contributed by atoms with Gasteiger partial charge in [0.15, 0.2) is 0 Å². The van der Waals surface area contributed by atoms with E-state index in [1.807, 2.05) is 24.1 Å². The third kappa shape index (κ3) is 4.48. The predicted octanol–water partition coefficient (Wildman–Crippen LogP) is 5.06. The standard InChI is InChI=1S/C26H34N4O3S/c1-16-19(28-17(2)34-16)13-30-20-14-29(21(31)10-7-11-25(3,4)24(32)33)15-26(5,6)22(20)18-9-8-12-27-23(18)30/h8-9,12H,7,10-11,13-15H2,1-6H3,(H,32,33). The van der Waals surface area contributed by atoms with Crippen molar-refractivity contribution in [1.82, 2.24) is 19.4 Å². The molecule has 0 aliphatic carbocycles. The second-order valence-corrected chi connectivity index (χ2v) is 12.1. The van der Waals surface area contributed by atoms with Crippen molar-refractivity contribution in [2.45, 2.75) is 79.3 Å². The Morgan fingerprint density at radius 2 is 2.00 bits per heavy atom. The molecule has 4 heterocycles. The fourth-order valence-electron chi connectivity index (χ4n) is 5.10. The van der Waals surface area contributed by atoms with E-state index in [0.29, 0.717) is 38.9 Å². The largest absolute Gasteiger partial charge is 0.481 e. The van der Waals surface area contributed by atoms with Crippen LogP contribution in [0.2, 0.25) is 0 Å². The summed E-state index contributed by atoms with van der Waals surface area (Å²) in [4.78, 5) is 37.3. The number of carboxylic acids is 1. The first kappa shape index (κ1) is 24.4. The molecule has 0 saturated heterocycles. The van der Waals surface area contributed by atoms with E-state index in [1.54, 1.807) is 25.2 Å². The zero-order valence-corrected chi connectivity index (χ0v) is 21.8. The normalized spacial score (nSPS) is 15.5. The Morgan fingerprint density at radius 3 is 2.65 bits per heavy atom. The van der Waals surface area contributed by atoms with Crippen LogP contribution in [0.5, 0.6) is 0 Å². The number of carbonyl (C=O) groups excluding carboxylic acids is 1. The van der Waals surface area contributed by atoms with Crippen molar-refractivity contribution in [2.24, 2.45) is 5.41 Å². The van der Waals surface area contributed by atoms with Crippen LogP contribution in [0.3, 0.4) is 0 Å².